The highest BCUT2D eigenvalue weighted by molar-refractivity contribution is 6.20. The highest BCUT2D eigenvalue weighted by Crippen LogP contribution is 2.39. The topological polar surface area (TPSA) is 3.24 Å². The highest BCUT2D eigenvalue weighted by Gasteiger charge is 2.15. The Morgan fingerprint density at radius 2 is 0.784 bits per heavy atom. The molecule has 10 aromatic carbocycles. The van der Waals surface area contributed by atoms with Crippen LogP contribution >= 0.6 is 0 Å². The van der Waals surface area contributed by atoms with Crippen molar-refractivity contribution in [2.75, 3.05) is 4.90 Å². The van der Waals surface area contributed by atoms with Crippen molar-refractivity contribution >= 4 is 70.9 Å². The SMILES string of the molecule is c1ccc(N(c2ccc(-c3cccc4ccccc34)cc2)c2ccc3ccc(-c4ccc5ccc6ccc7ccccc7c6c5c4)cc3c2)cc1. The molecule has 0 aliphatic rings. The van der Waals surface area contributed by atoms with Crippen molar-refractivity contribution in [1.29, 1.82) is 0 Å². The van der Waals surface area contributed by atoms with E-state index < -0.39 is 0 Å². The minimum Gasteiger partial charge on any atom is -0.310 e. The third-order valence-corrected chi connectivity index (χ3v) is 10.4. The predicted molar refractivity (Wildman–Crippen MR) is 220 cm³/mol. The number of fused-ring (bicyclic) bond motifs is 7. The lowest BCUT2D eigenvalue weighted by molar-refractivity contribution is 1.29. The molecular formula is C50H33N. The van der Waals surface area contributed by atoms with Crippen LogP contribution in [0.1, 0.15) is 0 Å². The van der Waals surface area contributed by atoms with E-state index in [2.05, 4.69) is 205 Å². The van der Waals surface area contributed by atoms with E-state index >= 15 is 0 Å². The fourth-order valence-electron chi connectivity index (χ4n) is 7.85. The smallest absolute Gasteiger partial charge is 0.0468 e. The minimum atomic E-state index is 1.12. The summed E-state index contributed by atoms with van der Waals surface area (Å²) in [5.74, 6) is 0. The summed E-state index contributed by atoms with van der Waals surface area (Å²) in [6.45, 7) is 0. The lowest BCUT2D eigenvalue weighted by Crippen LogP contribution is -2.09. The lowest BCUT2D eigenvalue weighted by atomic mass is 9.93. The molecule has 0 bridgehead atoms. The maximum Gasteiger partial charge on any atom is 0.0468 e. The molecule has 1 heteroatoms. The fourth-order valence-corrected chi connectivity index (χ4v) is 7.85. The molecule has 0 atom stereocenters. The highest BCUT2D eigenvalue weighted by atomic mass is 15.1. The number of rotatable bonds is 5. The number of para-hydroxylation sites is 1. The maximum atomic E-state index is 2.38. The lowest BCUT2D eigenvalue weighted by Gasteiger charge is -2.26. The summed E-state index contributed by atoms with van der Waals surface area (Å²) in [5.41, 5.74) is 8.26. The molecule has 0 saturated carbocycles. The minimum absolute atomic E-state index is 1.12. The van der Waals surface area contributed by atoms with Crippen LogP contribution in [0.5, 0.6) is 0 Å². The first-order valence-corrected chi connectivity index (χ1v) is 17.6. The van der Waals surface area contributed by atoms with E-state index in [-0.39, 0.29) is 0 Å². The molecule has 238 valence electrons. The van der Waals surface area contributed by atoms with Gasteiger partial charge in [-0.05, 0) is 125 Å². The van der Waals surface area contributed by atoms with Crippen LogP contribution in [0.15, 0.2) is 200 Å². The second kappa shape index (κ2) is 12.0. The van der Waals surface area contributed by atoms with Crippen LogP contribution in [0.3, 0.4) is 0 Å². The van der Waals surface area contributed by atoms with Crippen molar-refractivity contribution in [3.8, 4) is 22.3 Å². The van der Waals surface area contributed by atoms with Crippen LogP contribution in [0.2, 0.25) is 0 Å². The zero-order valence-electron chi connectivity index (χ0n) is 28.0. The first-order valence-electron chi connectivity index (χ1n) is 17.6. The van der Waals surface area contributed by atoms with Gasteiger partial charge in [0.2, 0.25) is 0 Å². The van der Waals surface area contributed by atoms with Gasteiger partial charge in [0.05, 0.1) is 0 Å². The van der Waals surface area contributed by atoms with Gasteiger partial charge < -0.3 is 4.90 Å². The van der Waals surface area contributed by atoms with Crippen molar-refractivity contribution in [3.05, 3.63) is 200 Å². The Hall–Kier alpha value is -6.70. The summed E-state index contributed by atoms with van der Waals surface area (Å²) in [7, 11) is 0. The predicted octanol–water partition coefficient (Wildman–Crippen LogP) is 14.3. The summed E-state index contributed by atoms with van der Waals surface area (Å²) in [5, 5.41) is 12.7. The Bertz CT molecular complexity index is 2890. The molecule has 51 heavy (non-hydrogen) atoms. The third kappa shape index (κ3) is 5.10. The van der Waals surface area contributed by atoms with E-state index in [4.69, 9.17) is 0 Å². The van der Waals surface area contributed by atoms with Gasteiger partial charge in [-0.15, -0.1) is 0 Å². The van der Waals surface area contributed by atoms with Crippen molar-refractivity contribution in [1.82, 2.24) is 0 Å². The van der Waals surface area contributed by atoms with Gasteiger partial charge in [0, 0.05) is 17.1 Å². The third-order valence-electron chi connectivity index (χ3n) is 10.4. The summed E-state index contributed by atoms with van der Waals surface area (Å²) in [6, 6.07) is 73.1. The first-order chi connectivity index (χ1) is 25.3. The second-order valence-electron chi connectivity index (χ2n) is 13.4. The summed E-state index contributed by atoms with van der Waals surface area (Å²) >= 11 is 0. The Kier molecular flexibility index (Phi) is 6.89. The number of anilines is 3. The average molecular weight is 648 g/mol. The zero-order chi connectivity index (χ0) is 33.7. The van der Waals surface area contributed by atoms with E-state index in [1.165, 1.54) is 76.1 Å². The van der Waals surface area contributed by atoms with Crippen LogP contribution in [0.25, 0.3) is 76.1 Å². The van der Waals surface area contributed by atoms with Gasteiger partial charge in [0.25, 0.3) is 0 Å². The Balaban J connectivity index is 1.07. The monoisotopic (exact) mass is 647 g/mol. The molecule has 1 nitrogen and oxygen atoms in total. The molecule has 10 rings (SSSR count). The Labute approximate surface area is 297 Å². The molecule has 0 N–H and O–H groups in total. The second-order valence-corrected chi connectivity index (χ2v) is 13.4. The average Bonchev–Trinajstić information content (AvgIpc) is 3.20. The van der Waals surface area contributed by atoms with E-state index in [0.717, 1.165) is 17.1 Å². The van der Waals surface area contributed by atoms with Gasteiger partial charge in [0.15, 0.2) is 0 Å². The van der Waals surface area contributed by atoms with E-state index in [1.807, 2.05) is 0 Å². The van der Waals surface area contributed by atoms with E-state index in [1.54, 1.807) is 0 Å². The first kappa shape index (κ1) is 29.2. The quantitative estimate of drug-likeness (QED) is 0.168. The van der Waals surface area contributed by atoms with Crippen LogP contribution in [0.4, 0.5) is 17.1 Å². The van der Waals surface area contributed by atoms with Gasteiger partial charge in [-0.3, -0.25) is 0 Å². The largest absolute Gasteiger partial charge is 0.310 e. The molecule has 0 fully saturated rings. The fraction of sp³-hybridized carbons (Fsp3) is 0. The van der Waals surface area contributed by atoms with Gasteiger partial charge in [-0.1, -0.05) is 152 Å². The van der Waals surface area contributed by atoms with Crippen LogP contribution in [-0.4, -0.2) is 0 Å². The molecule has 0 radical (unpaired) electrons. The van der Waals surface area contributed by atoms with Crippen LogP contribution in [0, 0.1) is 0 Å². The number of hydrogen-bond acceptors (Lipinski definition) is 1. The number of hydrogen-bond donors (Lipinski definition) is 0. The molecule has 0 aliphatic heterocycles. The van der Waals surface area contributed by atoms with Crippen LogP contribution in [-0.2, 0) is 0 Å². The standard InChI is InChI=1S/C50H33N/c1-2-12-43(13-3-1)51(44-28-26-37(27-29-44)47-16-8-11-35-9-4-6-14-46(35)47)45-30-25-34-17-23-40(31-42(34)32-45)41-24-20-38-19-22-39-21-18-36-10-5-7-15-48(36)50(39)49(38)33-41/h1-33H. The molecule has 10 aromatic rings. The molecule has 0 unspecified atom stereocenters. The van der Waals surface area contributed by atoms with Crippen molar-refractivity contribution in [2.24, 2.45) is 0 Å². The van der Waals surface area contributed by atoms with E-state index in [0.29, 0.717) is 0 Å². The molecule has 0 saturated heterocycles. The molecule has 0 aliphatic carbocycles. The van der Waals surface area contributed by atoms with Gasteiger partial charge in [-0.2, -0.15) is 0 Å². The molecule has 0 spiro atoms. The zero-order valence-corrected chi connectivity index (χ0v) is 28.0. The van der Waals surface area contributed by atoms with Crippen molar-refractivity contribution < 1.29 is 0 Å². The Morgan fingerprint density at radius 1 is 0.255 bits per heavy atom. The van der Waals surface area contributed by atoms with Gasteiger partial charge in [0.1, 0.15) is 0 Å². The summed E-state index contributed by atoms with van der Waals surface area (Å²) in [6.07, 6.45) is 0. The molecule has 0 heterocycles. The number of benzene rings is 10. The molecule has 0 aromatic heterocycles. The van der Waals surface area contributed by atoms with Crippen molar-refractivity contribution in [2.45, 2.75) is 0 Å². The number of nitrogens with zero attached hydrogens (tertiary/aromatic N) is 1. The maximum absolute atomic E-state index is 2.38. The van der Waals surface area contributed by atoms with Crippen LogP contribution < -0.4 is 4.90 Å². The molecule has 0 amide bonds. The Morgan fingerprint density at radius 3 is 1.59 bits per heavy atom. The normalized spacial score (nSPS) is 11.5. The van der Waals surface area contributed by atoms with Gasteiger partial charge >= 0.3 is 0 Å². The van der Waals surface area contributed by atoms with Crippen molar-refractivity contribution in [3.63, 3.8) is 0 Å². The summed E-state index contributed by atoms with van der Waals surface area (Å²) < 4.78 is 0. The van der Waals surface area contributed by atoms with E-state index in [9.17, 15) is 0 Å². The van der Waals surface area contributed by atoms with Gasteiger partial charge in [-0.25, -0.2) is 0 Å². The molecular weight excluding hydrogens is 615 g/mol. The summed E-state index contributed by atoms with van der Waals surface area (Å²) in [4.78, 5) is 2.35.